The number of nitrogens with zero attached hydrogens (tertiary/aromatic N) is 3. The van der Waals surface area contributed by atoms with Gasteiger partial charge < -0.3 is 15.3 Å². The second-order valence-corrected chi connectivity index (χ2v) is 10.8. The Labute approximate surface area is 220 Å². The lowest BCUT2D eigenvalue weighted by Crippen LogP contribution is -2.40. The first kappa shape index (κ1) is 26.6. The molecule has 1 aromatic heterocycles. The largest absolute Gasteiger partial charge is 0.393 e. The fourth-order valence-electron chi connectivity index (χ4n) is 4.10. The highest BCUT2D eigenvalue weighted by molar-refractivity contribution is 6.31. The van der Waals surface area contributed by atoms with Gasteiger partial charge in [0.1, 0.15) is 0 Å². The molecule has 4 rings (SSSR count). The SMILES string of the molecule is CC(C)(C)C(=O)Nc1cc(Cl)ccc1-c1cc(=O)n(Cc2cccc(C(=O)N3CCC(O)CC3)c2)cn1. The molecular weight excluding hydrogens is 492 g/mol. The molecular formula is C28H31ClN4O4. The molecule has 1 aliphatic heterocycles. The Bertz CT molecular complexity index is 1370. The number of nitrogens with one attached hydrogen (secondary N) is 1. The summed E-state index contributed by atoms with van der Waals surface area (Å²) in [6, 6.07) is 13.7. The van der Waals surface area contributed by atoms with E-state index in [1.165, 1.54) is 17.0 Å². The maximum Gasteiger partial charge on any atom is 0.254 e. The van der Waals surface area contributed by atoms with Crippen molar-refractivity contribution in [1.82, 2.24) is 14.5 Å². The van der Waals surface area contributed by atoms with Crippen LogP contribution in [0.15, 0.2) is 59.7 Å². The molecule has 8 nitrogen and oxygen atoms in total. The van der Waals surface area contributed by atoms with Crippen molar-refractivity contribution < 1.29 is 14.7 Å². The predicted molar refractivity (Wildman–Crippen MR) is 144 cm³/mol. The number of carbonyl (C=O) groups is 2. The van der Waals surface area contributed by atoms with E-state index in [2.05, 4.69) is 10.3 Å². The van der Waals surface area contributed by atoms with Gasteiger partial charge in [0.05, 0.1) is 30.4 Å². The summed E-state index contributed by atoms with van der Waals surface area (Å²) < 4.78 is 1.47. The van der Waals surface area contributed by atoms with E-state index in [1.807, 2.05) is 26.8 Å². The first-order chi connectivity index (χ1) is 17.5. The van der Waals surface area contributed by atoms with Gasteiger partial charge in [-0.25, -0.2) is 4.98 Å². The van der Waals surface area contributed by atoms with Gasteiger partial charge in [0.25, 0.3) is 11.5 Å². The molecule has 194 valence electrons. The Hall–Kier alpha value is -3.49. The van der Waals surface area contributed by atoms with Crippen LogP contribution in [0.4, 0.5) is 5.69 Å². The summed E-state index contributed by atoms with van der Waals surface area (Å²) in [7, 11) is 0. The fourth-order valence-corrected chi connectivity index (χ4v) is 4.27. The Morgan fingerprint density at radius 3 is 2.51 bits per heavy atom. The zero-order valence-electron chi connectivity index (χ0n) is 21.2. The Kier molecular flexibility index (Phi) is 7.80. The van der Waals surface area contributed by atoms with Crippen LogP contribution in [0.5, 0.6) is 0 Å². The number of amides is 2. The van der Waals surface area contributed by atoms with Crippen molar-refractivity contribution in [3.8, 4) is 11.3 Å². The van der Waals surface area contributed by atoms with Gasteiger partial charge >= 0.3 is 0 Å². The van der Waals surface area contributed by atoms with Crippen LogP contribution in [0.3, 0.4) is 0 Å². The lowest BCUT2D eigenvalue weighted by atomic mass is 9.95. The highest BCUT2D eigenvalue weighted by atomic mass is 35.5. The highest BCUT2D eigenvalue weighted by Gasteiger charge is 2.24. The molecule has 0 aliphatic carbocycles. The van der Waals surface area contributed by atoms with E-state index >= 15 is 0 Å². The van der Waals surface area contributed by atoms with Gasteiger partial charge in [0.2, 0.25) is 5.91 Å². The first-order valence-corrected chi connectivity index (χ1v) is 12.6. The summed E-state index contributed by atoms with van der Waals surface area (Å²) in [6.45, 7) is 6.73. The molecule has 3 aromatic rings. The monoisotopic (exact) mass is 522 g/mol. The van der Waals surface area contributed by atoms with E-state index in [4.69, 9.17) is 11.6 Å². The van der Waals surface area contributed by atoms with Crippen molar-refractivity contribution in [2.24, 2.45) is 5.41 Å². The van der Waals surface area contributed by atoms with Crippen molar-refractivity contribution in [3.05, 3.63) is 81.4 Å². The number of likely N-dealkylation sites (tertiary alicyclic amines) is 1. The molecule has 2 N–H and O–H groups in total. The molecule has 0 radical (unpaired) electrons. The molecule has 37 heavy (non-hydrogen) atoms. The lowest BCUT2D eigenvalue weighted by Gasteiger charge is -2.29. The number of anilines is 1. The number of benzene rings is 2. The van der Waals surface area contributed by atoms with Crippen molar-refractivity contribution >= 4 is 29.1 Å². The van der Waals surface area contributed by atoms with Crippen LogP contribution in [0.1, 0.15) is 49.5 Å². The van der Waals surface area contributed by atoms with Crippen LogP contribution in [0, 0.1) is 5.41 Å². The Morgan fingerprint density at radius 2 is 1.84 bits per heavy atom. The summed E-state index contributed by atoms with van der Waals surface area (Å²) in [5.41, 5.74) is 1.95. The number of aliphatic hydroxyl groups excluding tert-OH is 1. The van der Waals surface area contributed by atoms with Gasteiger partial charge in [-0.1, -0.05) is 44.5 Å². The Balaban J connectivity index is 1.55. The molecule has 0 atom stereocenters. The van der Waals surface area contributed by atoms with Gasteiger partial charge in [-0.2, -0.15) is 0 Å². The third-order valence-electron chi connectivity index (χ3n) is 6.34. The number of aromatic nitrogens is 2. The summed E-state index contributed by atoms with van der Waals surface area (Å²) in [6.07, 6.45) is 2.26. The molecule has 1 saturated heterocycles. The minimum Gasteiger partial charge on any atom is -0.393 e. The van der Waals surface area contributed by atoms with Crippen LogP contribution in [0.2, 0.25) is 5.02 Å². The average Bonchev–Trinajstić information content (AvgIpc) is 2.85. The Morgan fingerprint density at radius 1 is 1.11 bits per heavy atom. The van der Waals surface area contributed by atoms with Gasteiger partial charge in [-0.3, -0.25) is 19.0 Å². The van der Waals surface area contributed by atoms with E-state index in [9.17, 15) is 19.5 Å². The van der Waals surface area contributed by atoms with Crippen LogP contribution >= 0.6 is 11.6 Å². The highest BCUT2D eigenvalue weighted by Crippen LogP contribution is 2.30. The number of rotatable bonds is 5. The van der Waals surface area contributed by atoms with Gasteiger partial charge in [0.15, 0.2) is 0 Å². The number of aliphatic hydroxyl groups is 1. The maximum atomic E-state index is 13.0. The fraction of sp³-hybridized carbons (Fsp3) is 0.357. The van der Waals surface area contributed by atoms with Crippen LogP contribution in [0.25, 0.3) is 11.3 Å². The molecule has 2 aromatic carbocycles. The van der Waals surface area contributed by atoms with Crippen molar-refractivity contribution in [2.45, 2.75) is 46.3 Å². The molecule has 0 spiro atoms. The number of hydrogen-bond donors (Lipinski definition) is 2. The summed E-state index contributed by atoms with van der Waals surface area (Å²) in [4.78, 5) is 44.7. The number of carbonyl (C=O) groups excluding carboxylic acids is 2. The van der Waals surface area contributed by atoms with E-state index < -0.39 is 5.41 Å². The number of hydrogen-bond acceptors (Lipinski definition) is 5. The summed E-state index contributed by atoms with van der Waals surface area (Å²) in [5, 5.41) is 13.0. The average molecular weight is 523 g/mol. The smallest absolute Gasteiger partial charge is 0.254 e. The van der Waals surface area contributed by atoms with E-state index in [0.29, 0.717) is 53.5 Å². The molecule has 2 heterocycles. The van der Waals surface area contributed by atoms with Crippen LogP contribution in [-0.4, -0.2) is 50.6 Å². The zero-order valence-corrected chi connectivity index (χ0v) is 22.0. The van der Waals surface area contributed by atoms with Crippen molar-refractivity contribution in [3.63, 3.8) is 0 Å². The van der Waals surface area contributed by atoms with Gasteiger partial charge in [-0.05, 0) is 48.7 Å². The minimum absolute atomic E-state index is 0.0814. The number of halogens is 1. The molecule has 2 amide bonds. The topological polar surface area (TPSA) is 105 Å². The number of piperidine rings is 1. The third kappa shape index (κ3) is 6.45. The molecule has 0 saturated carbocycles. The second kappa shape index (κ2) is 10.9. The van der Waals surface area contributed by atoms with Crippen molar-refractivity contribution in [1.29, 1.82) is 0 Å². The summed E-state index contributed by atoms with van der Waals surface area (Å²) >= 11 is 6.16. The van der Waals surface area contributed by atoms with E-state index in [1.54, 1.807) is 41.3 Å². The predicted octanol–water partition coefficient (Wildman–Crippen LogP) is 4.19. The van der Waals surface area contributed by atoms with E-state index in [0.717, 1.165) is 5.56 Å². The minimum atomic E-state index is -0.610. The first-order valence-electron chi connectivity index (χ1n) is 12.3. The summed E-state index contributed by atoms with van der Waals surface area (Å²) in [5.74, 6) is -0.262. The third-order valence-corrected chi connectivity index (χ3v) is 6.58. The van der Waals surface area contributed by atoms with Crippen LogP contribution < -0.4 is 10.9 Å². The van der Waals surface area contributed by atoms with E-state index in [-0.39, 0.29) is 30.0 Å². The van der Waals surface area contributed by atoms with Gasteiger partial charge in [0, 0.05) is 40.7 Å². The molecule has 1 fully saturated rings. The quantitative estimate of drug-likeness (QED) is 0.522. The standard InChI is InChI=1S/C28H31ClN4O4/c1-28(2,3)27(37)31-24-14-20(29)7-8-22(24)23-15-25(35)33(17-30-23)16-18-5-4-6-19(13-18)26(36)32-11-9-21(34)10-12-32/h4-8,13-15,17,21,34H,9-12,16H2,1-3H3,(H,31,37). The molecule has 1 aliphatic rings. The molecule has 0 bridgehead atoms. The normalized spacial score (nSPS) is 14.5. The molecule has 0 unspecified atom stereocenters. The van der Waals surface area contributed by atoms with Crippen molar-refractivity contribution in [2.75, 3.05) is 18.4 Å². The maximum absolute atomic E-state index is 13.0. The zero-order chi connectivity index (χ0) is 26.7. The van der Waals surface area contributed by atoms with Gasteiger partial charge in [-0.15, -0.1) is 0 Å². The van der Waals surface area contributed by atoms with Crippen LogP contribution in [-0.2, 0) is 11.3 Å². The second-order valence-electron chi connectivity index (χ2n) is 10.4. The lowest BCUT2D eigenvalue weighted by molar-refractivity contribution is -0.123. The molecule has 9 heteroatoms.